The van der Waals surface area contributed by atoms with Gasteiger partial charge in [0.05, 0.1) is 12.6 Å². The zero-order valence-electron chi connectivity index (χ0n) is 16.4. The minimum absolute atomic E-state index is 0.196. The largest absolute Gasteiger partial charge is 0.480 e. The number of unbranched alkanes of at least 4 members (excludes halogenated alkanes) is 1. The molecule has 0 heterocycles. The third-order valence-electron chi connectivity index (χ3n) is 3.87. The Balaban J connectivity index is 4.99. The maximum absolute atomic E-state index is 12.5. The second-order valence-corrected chi connectivity index (χ2v) is 6.94. The summed E-state index contributed by atoms with van der Waals surface area (Å²) in [6.45, 7) is 2.88. The number of aliphatic hydroxyl groups is 1. The van der Waals surface area contributed by atoms with Crippen LogP contribution in [-0.4, -0.2) is 71.7 Å². The molecular formula is C17H33N5O6. The number of carbonyl (C=O) groups excluding carboxylic acids is 3. The van der Waals surface area contributed by atoms with Crippen LogP contribution in [0.1, 0.15) is 39.5 Å². The number of carbonyl (C=O) groups is 4. The highest BCUT2D eigenvalue weighted by Gasteiger charge is 2.27. The van der Waals surface area contributed by atoms with E-state index in [-0.39, 0.29) is 12.3 Å². The molecule has 0 aliphatic heterocycles. The molecule has 0 saturated heterocycles. The minimum atomic E-state index is -1.34. The molecule has 162 valence electrons. The summed E-state index contributed by atoms with van der Waals surface area (Å²) in [6.07, 6.45) is 1.92. The van der Waals surface area contributed by atoms with Crippen LogP contribution in [0, 0.1) is 5.92 Å². The Kier molecular flexibility index (Phi) is 12.7. The zero-order valence-corrected chi connectivity index (χ0v) is 16.4. The van der Waals surface area contributed by atoms with Crippen LogP contribution in [0.3, 0.4) is 0 Å². The molecule has 3 atom stereocenters. The van der Waals surface area contributed by atoms with Crippen molar-refractivity contribution in [2.75, 3.05) is 19.7 Å². The van der Waals surface area contributed by atoms with E-state index in [1.165, 1.54) is 0 Å². The molecule has 0 aliphatic carbocycles. The highest BCUT2D eigenvalue weighted by molar-refractivity contribution is 5.93. The van der Waals surface area contributed by atoms with Gasteiger partial charge in [0.1, 0.15) is 18.6 Å². The van der Waals surface area contributed by atoms with Gasteiger partial charge in [0, 0.05) is 0 Å². The van der Waals surface area contributed by atoms with Crippen molar-refractivity contribution in [2.45, 2.75) is 57.7 Å². The van der Waals surface area contributed by atoms with E-state index in [4.69, 9.17) is 16.6 Å². The summed E-state index contributed by atoms with van der Waals surface area (Å²) in [7, 11) is 0. The topological polar surface area (TPSA) is 197 Å². The molecule has 0 radical (unpaired) electrons. The highest BCUT2D eigenvalue weighted by atomic mass is 16.4. The zero-order chi connectivity index (χ0) is 21.7. The number of rotatable bonds is 14. The second-order valence-electron chi connectivity index (χ2n) is 6.94. The monoisotopic (exact) mass is 403 g/mol. The van der Waals surface area contributed by atoms with Crippen molar-refractivity contribution in [3.8, 4) is 0 Å². The van der Waals surface area contributed by atoms with Gasteiger partial charge in [-0.05, 0) is 38.1 Å². The van der Waals surface area contributed by atoms with Crippen LogP contribution in [0.5, 0.6) is 0 Å². The van der Waals surface area contributed by atoms with Crippen molar-refractivity contribution in [3.63, 3.8) is 0 Å². The highest BCUT2D eigenvalue weighted by Crippen LogP contribution is 2.06. The van der Waals surface area contributed by atoms with Gasteiger partial charge >= 0.3 is 5.97 Å². The smallest absolute Gasteiger partial charge is 0.322 e. The number of nitrogens with two attached hydrogens (primary N) is 2. The first-order valence-electron chi connectivity index (χ1n) is 9.29. The Morgan fingerprint density at radius 1 is 0.964 bits per heavy atom. The van der Waals surface area contributed by atoms with E-state index in [1.807, 2.05) is 13.8 Å². The first kappa shape index (κ1) is 25.8. The summed E-state index contributed by atoms with van der Waals surface area (Å²) in [6, 6.07) is -3.08. The van der Waals surface area contributed by atoms with E-state index < -0.39 is 55.0 Å². The molecule has 11 nitrogen and oxygen atoms in total. The normalized spacial score (nSPS) is 14.1. The lowest BCUT2D eigenvalue weighted by Gasteiger charge is -2.23. The van der Waals surface area contributed by atoms with Gasteiger partial charge in [-0.15, -0.1) is 0 Å². The molecule has 0 spiro atoms. The molecular weight excluding hydrogens is 370 g/mol. The van der Waals surface area contributed by atoms with E-state index in [9.17, 15) is 24.3 Å². The molecule has 0 bridgehead atoms. The van der Waals surface area contributed by atoms with Gasteiger partial charge in [-0.25, -0.2) is 0 Å². The summed E-state index contributed by atoms with van der Waals surface area (Å²) < 4.78 is 0. The average molecular weight is 403 g/mol. The fourth-order valence-electron chi connectivity index (χ4n) is 2.41. The summed E-state index contributed by atoms with van der Waals surface area (Å²) >= 11 is 0. The number of nitrogens with one attached hydrogen (secondary N) is 3. The molecule has 0 aromatic rings. The third-order valence-corrected chi connectivity index (χ3v) is 3.87. The van der Waals surface area contributed by atoms with E-state index in [0.717, 1.165) is 0 Å². The Bertz CT molecular complexity index is 528. The second kappa shape index (κ2) is 13.9. The van der Waals surface area contributed by atoms with Crippen molar-refractivity contribution in [3.05, 3.63) is 0 Å². The Morgan fingerprint density at radius 2 is 1.57 bits per heavy atom. The van der Waals surface area contributed by atoms with Crippen molar-refractivity contribution in [2.24, 2.45) is 17.4 Å². The summed E-state index contributed by atoms with van der Waals surface area (Å²) in [5, 5.41) is 24.9. The first-order chi connectivity index (χ1) is 13.1. The maximum Gasteiger partial charge on any atom is 0.322 e. The van der Waals surface area contributed by atoms with Crippen molar-refractivity contribution < 1.29 is 29.4 Å². The molecule has 0 saturated carbocycles. The number of hydrogen-bond acceptors (Lipinski definition) is 7. The van der Waals surface area contributed by atoms with Gasteiger partial charge in [0.25, 0.3) is 0 Å². The molecule has 28 heavy (non-hydrogen) atoms. The van der Waals surface area contributed by atoms with Crippen molar-refractivity contribution in [1.29, 1.82) is 0 Å². The van der Waals surface area contributed by atoms with Crippen molar-refractivity contribution >= 4 is 23.7 Å². The quantitative estimate of drug-likeness (QED) is 0.156. The Labute approximate surface area is 164 Å². The lowest BCUT2D eigenvalue weighted by Crippen LogP contribution is -2.57. The lowest BCUT2D eigenvalue weighted by molar-refractivity contribution is -0.139. The van der Waals surface area contributed by atoms with Gasteiger partial charge in [0.2, 0.25) is 17.7 Å². The first-order valence-corrected chi connectivity index (χ1v) is 9.29. The fourth-order valence-corrected chi connectivity index (χ4v) is 2.41. The maximum atomic E-state index is 12.5. The molecule has 3 unspecified atom stereocenters. The van der Waals surface area contributed by atoms with Crippen LogP contribution < -0.4 is 27.4 Å². The third kappa shape index (κ3) is 10.8. The molecule has 0 rings (SSSR count). The summed E-state index contributed by atoms with van der Waals surface area (Å²) in [5.74, 6) is -3.07. The standard InChI is InChI=1S/C17H33N5O6/c1-10(2)7-11(19)15(26)21-12(5-3-4-6-18)17(28)22-13(9-23)16(27)20-8-14(24)25/h10-13,23H,3-9,18-19H2,1-2H3,(H,20,27)(H,21,26)(H,22,28)(H,24,25). The van der Waals surface area contributed by atoms with Gasteiger partial charge < -0.3 is 37.6 Å². The lowest BCUT2D eigenvalue weighted by atomic mass is 10.0. The summed E-state index contributed by atoms with van der Waals surface area (Å²) in [5.41, 5.74) is 11.3. The predicted molar refractivity (Wildman–Crippen MR) is 102 cm³/mol. The number of hydrogen-bond donors (Lipinski definition) is 7. The molecule has 0 fully saturated rings. The molecule has 0 aliphatic rings. The van der Waals surface area contributed by atoms with Crippen molar-refractivity contribution in [1.82, 2.24) is 16.0 Å². The number of amides is 3. The van der Waals surface area contributed by atoms with Crippen LogP contribution >= 0.6 is 0 Å². The molecule has 11 heteroatoms. The number of carboxylic acids is 1. The van der Waals surface area contributed by atoms with Crippen LogP contribution in [-0.2, 0) is 19.2 Å². The van der Waals surface area contributed by atoms with Gasteiger partial charge in [-0.2, -0.15) is 0 Å². The van der Waals surface area contributed by atoms with E-state index in [0.29, 0.717) is 25.8 Å². The molecule has 3 amide bonds. The van der Waals surface area contributed by atoms with E-state index in [1.54, 1.807) is 0 Å². The number of carboxylic acid groups (broad SMARTS) is 1. The van der Waals surface area contributed by atoms with Crippen LogP contribution in [0.2, 0.25) is 0 Å². The van der Waals surface area contributed by atoms with Gasteiger partial charge in [0.15, 0.2) is 0 Å². The fraction of sp³-hybridized carbons (Fsp3) is 0.765. The average Bonchev–Trinajstić information content (AvgIpc) is 2.62. The summed E-state index contributed by atoms with van der Waals surface area (Å²) in [4.78, 5) is 47.2. The van der Waals surface area contributed by atoms with Crippen LogP contribution in [0.15, 0.2) is 0 Å². The molecule has 9 N–H and O–H groups in total. The van der Waals surface area contributed by atoms with Gasteiger partial charge in [-0.1, -0.05) is 13.8 Å². The minimum Gasteiger partial charge on any atom is -0.480 e. The predicted octanol–water partition coefficient (Wildman–Crippen LogP) is -2.35. The van der Waals surface area contributed by atoms with E-state index in [2.05, 4.69) is 16.0 Å². The molecule has 0 aromatic carbocycles. The number of aliphatic carboxylic acids is 1. The Hall–Kier alpha value is -2.24. The molecule has 0 aromatic heterocycles. The van der Waals surface area contributed by atoms with E-state index >= 15 is 0 Å². The number of aliphatic hydroxyl groups excluding tert-OH is 1. The SMILES string of the molecule is CC(C)CC(N)C(=O)NC(CCCCN)C(=O)NC(CO)C(=O)NCC(=O)O. The van der Waals surface area contributed by atoms with Crippen LogP contribution in [0.4, 0.5) is 0 Å². The van der Waals surface area contributed by atoms with Crippen LogP contribution in [0.25, 0.3) is 0 Å². The Morgan fingerprint density at radius 3 is 2.07 bits per heavy atom. The van der Waals surface area contributed by atoms with Gasteiger partial charge in [-0.3, -0.25) is 19.2 Å².